The SMILES string of the molecule is CCOC(=O)c1nn(C2CCCCO2)c2ccc(NC(=O)COc3cccc4cccnc34)cc12. The van der Waals surface area contributed by atoms with Crippen LogP contribution in [0.15, 0.2) is 54.7 Å². The van der Waals surface area contributed by atoms with Gasteiger partial charge in [-0.15, -0.1) is 0 Å². The first kappa shape index (κ1) is 22.8. The summed E-state index contributed by atoms with van der Waals surface area (Å²) < 4.78 is 18.6. The molecule has 1 aliphatic heterocycles. The van der Waals surface area contributed by atoms with Gasteiger partial charge in [0.05, 0.1) is 12.1 Å². The molecule has 0 bridgehead atoms. The normalized spacial score (nSPS) is 15.7. The minimum atomic E-state index is -0.512. The Morgan fingerprint density at radius 2 is 2.06 bits per heavy atom. The predicted molar refractivity (Wildman–Crippen MR) is 130 cm³/mol. The van der Waals surface area contributed by atoms with Gasteiger partial charge in [-0.2, -0.15) is 5.10 Å². The van der Waals surface area contributed by atoms with Crippen molar-refractivity contribution >= 4 is 39.4 Å². The van der Waals surface area contributed by atoms with Crippen molar-refractivity contribution < 1.29 is 23.8 Å². The minimum Gasteiger partial charge on any atom is -0.481 e. The average Bonchev–Trinajstić information content (AvgIpc) is 3.27. The van der Waals surface area contributed by atoms with E-state index in [9.17, 15) is 9.59 Å². The first-order chi connectivity index (χ1) is 17.1. The first-order valence-corrected chi connectivity index (χ1v) is 11.7. The van der Waals surface area contributed by atoms with Gasteiger partial charge in [0.15, 0.2) is 18.5 Å². The lowest BCUT2D eigenvalue weighted by Crippen LogP contribution is -2.20. The molecule has 2 aromatic carbocycles. The van der Waals surface area contributed by atoms with E-state index in [1.807, 2.05) is 30.3 Å². The van der Waals surface area contributed by atoms with Crippen LogP contribution in [0.4, 0.5) is 5.69 Å². The molecule has 1 atom stereocenters. The standard InChI is InChI=1S/C26H26N4O5/c1-2-33-26(32)25-19-15-18(11-12-20(19)30(29-25)23-10-3-4-14-34-23)28-22(31)16-35-21-9-5-7-17-8-6-13-27-24(17)21/h5-9,11-13,15,23H,2-4,10,14,16H2,1H3,(H,28,31). The van der Waals surface area contributed by atoms with E-state index in [2.05, 4.69) is 15.4 Å². The number of amides is 1. The van der Waals surface area contributed by atoms with Crippen LogP contribution in [0.1, 0.15) is 42.9 Å². The van der Waals surface area contributed by atoms with Gasteiger partial charge in [0, 0.05) is 29.3 Å². The molecule has 1 saturated heterocycles. The highest BCUT2D eigenvalue weighted by Crippen LogP contribution is 2.30. The maximum atomic E-state index is 12.6. The van der Waals surface area contributed by atoms with E-state index in [1.54, 1.807) is 36.0 Å². The van der Waals surface area contributed by atoms with Gasteiger partial charge in [-0.05, 0) is 56.5 Å². The molecule has 1 N–H and O–H groups in total. The Kier molecular flexibility index (Phi) is 6.58. The number of rotatable bonds is 7. The molecule has 9 nitrogen and oxygen atoms in total. The highest BCUT2D eigenvalue weighted by molar-refractivity contribution is 6.04. The van der Waals surface area contributed by atoms with Crippen molar-refractivity contribution in [3.63, 3.8) is 0 Å². The van der Waals surface area contributed by atoms with Crippen molar-refractivity contribution in [3.8, 4) is 5.75 Å². The molecular formula is C26H26N4O5. The minimum absolute atomic E-state index is 0.187. The number of hydrogen-bond acceptors (Lipinski definition) is 7. The summed E-state index contributed by atoms with van der Waals surface area (Å²) in [5, 5.41) is 8.89. The zero-order valence-electron chi connectivity index (χ0n) is 19.4. The van der Waals surface area contributed by atoms with Gasteiger partial charge < -0.3 is 19.5 Å². The van der Waals surface area contributed by atoms with Gasteiger partial charge in [-0.3, -0.25) is 9.78 Å². The highest BCUT2D eigenvalue weighted by Gasteiger charge is 2.25. The molecular weight excluding hydrogens is 448 g/mol. The van der Waals surface area contributed by atoms with Gasteiger partial charge in [0.25, 0.3) is 5.91 Å². The summed E-state index contributed by atoms with van der Waals surface area (Å²) in [6.07, 6.45) is 4.30. The van der Waals surface area contributed by atoms with Crippen LogP contribution in [0.3, 0.4) is 0 Å². The molecule has 4 aromatic rings. The third-order valence-electron chi connectivity index (χ3n) is 5.84. The average molecular weight is 475 g/mol. The number of carbonyl (C=O) groups is 2. The first-order valence-electron chi connectivity index (χ1n) is 11.7. The Balaban J connectivity index is 1.36. The van der Waals surface area contributed by atoms with Gasteiger partial charge in [0.2, 0.25) is 0 Å². The van der Waals surface area contributed by atoms with Crippen LogP contribution < -0.4 is 10.1 Å². The van der Waals surface area contributed by atoms with E-state index < -0.39 is 5.97 Å². The smallest absolute Gasteiger partial charge is 0.359 e. The number of ether oxygens (including phenoxy) is 3. The Hall–Kier alpha value is -3.98. The number of pyridine rings is 1. The number of esters is 1. The largest absolute Gasteiger partial charge is 0.481 e. The Morgan fingerprint density at radius 3 is 2.89 bits per heavy atom. The number of aromatic nitrogens is 3. The number of anilines is 1. The lowest BCUT2D eigenvalue weighted by Gasteiger charge is -2.23. The van der Waals surface area contributed by atoms with Crippen molar-refractivity contribution in [1.82, 2.24) is 14.8 Å². The number of carbonyl (C=O) groups excluding carboxylic acids is 2. The molecule has 1 fully saturated rings. The summed E-state index contributed by atoms with van der Waals surface area (Å²) in [6, 6.07) is 14.7. The summed E-state index contributed by atoms with van der Waals surface area (Å²) in [4.78, 5) is 29.6. The van der Waals surface area contributed by atoms with E-state index in [1.165, 1.54) is 0 Å². The molecule has 1 unspecified atom stereocenters. The fourth-order valence-corrected chi connectivity index (χ4v) is 4.24. The second kappa shape index (κ2) is 10.1. The van der Waals surface area contributed by atoms with E-state index in [0.29, 0.717) is 28.9 Å². The van der Waals surface area contributed by atoms with Crippen LogP contribution in [0, 0.1) is 0 Å². The Labute approximate surface area is 202 Å². The highest BCUT2D eigenvalue weighted by atomic mass is 16.5. The molecule has 3 heterocycles. The van der Waals surface area contributed by atoms with Crippen molar-refractivity contribution in [2.24, 2.45) is 0 Å². The van der Waals surface area contributed by atoms with Crippen molar-refractivity contribution in [3.05, 3.63) is 60.4 Å². The number of benzene rings is 2. The molecule has 0 aliphatic carbocycles. The van der Waals surface area contributed by atoms with E-state index in [4.69, 9.17) is 14.2 Å². The fourth-order valence-electron chi connectivity index (χ4n) is 4.24. The number of hydrogen-bond donors (Lipinski definition) is 1. The predicted octanol–water partition coefficient (Wildman–Crippen LogP) is 4.48. The maximum absolute atomic E-state index is 12.6. The van der Waals surface area contributed by atoms with Crippen LogP contribution >= 0.6 is 0 Å². The number of fused-ring (bicyclic) bond motifs is 2. The lowest BCUT2D eigenvalue weighted by atomic mass is 10.1. The second-order valence-electron chi connectivity index (χ2n) is 8.23. The number of nitrogens with zero attached hydrogens (tertiary/aromatic N) is 3. The van der Waals surface area contributed by atoms with Crippen molar-refractivity contribution in [1.29, 1.82) is 0 Å². The quantitative estimate of drug-likeness (QED) is 0.394. The molecule has 9 heteroatoms. The molecule has 1 amide bonds. The maximum Gasteiger partial charge on any atom is 0.359 e. The fraction of sp³-hybridized carbons (Fsp3) is 0.308. The van der Waals surface area contributed by atoms with Crippen LogP contribution in [0.25, 0.3) is 21.8 Å². The Morgan fingerprint density at radius 1 is 1.17 bits per heavy atom. The topological polar surface area (TPSA) is 105 Å². The van der Waals surface area contributed by atoms with Crippen molar-refractivity contribution in [2.75, 3.05) is 25.1 Å². The molecule has 0 radical (unpaired) electrons. The summed E-state index contributed by atoms with van der Waals surface area (Å²) in [6.45, 7) is 2.46. The van der Waals surface area contributed by atoms with E-state index >= 15 is 0 Å². The molecule has 1 aliphatic rings. The van der Waals surface area contributed by atoms with Crippen LogP contribution in [0.2, 0.25) is 0 Å². The van der Waals surface area contributed by atoms with Crippen molar-refractivity contribution in [2.45, 2.75) is 32.4 Å². The molecule has 2 aromatic heterocycles. The van der Waals surface area contributed by atoms with Gasteiger partial charge >= 0.3 is 5.97 Å². The Bertz CT molecular complexity index is 1370. The summed E-state index contributed by atoms with van der Waals surface area (Å²) >= 11 is 0. The molecule has 5 rings (SSSR count). The van der Waals surface area contributed by atoms with Gasteiger partial charge in [0.1, 0.15) is 11.3 Å². The second-order valence-corrected chi connectivity index (χ2v) is 8.23. The molecule has 35 heavy (non-hydrogen) atoms. The molecule has 0 saturated carbocycles. The number of para-hydroxylation sites is 1. The van der Waals surface area contributed by atoms with Crippen LogP contribution in [-0.4, -0.2) is 46.5 Å². The van der Waals surface area contributed by atoms with E-state index in [0.717, 1.165) is 30.2 Å². The zero-order chi connectivity index (χ0) is 24.2. The van der Waals surface area contributed by atoms with Crippen LogP contribution in [0.5, 0.6) is 5.75 Å². The van der Waals surface area contributed by atoms with Gasteiger partial charge in [-0.25, -0.2) is 9.48 Å². The monoisotopic (exact) mass is 474 g/mol. The molecule has 180 valence electrons. The third-order valence-corrected chi connectivity index (χ3v) is 5.84. The lowest BCUT2D eigenvalue weighted by molar-refractivity contribution is -0.118. The summed E-state index contributed by atoms with van der Waals surface area (Å²) in [5.41, 5.74) is 2.17. The van der Waals surface area contributed by atoms with E-state index in [-0.39, 0.29) is 31.0 Å². The molecule has 0 spiro atoms. The third kappa shape index (κ3) is 4.81. The van der Waals surface area contributed by atoms with Gasteiger partial charge in [-0.1, -0.05) is 18.2 Å². The number of nitrogens with one attached hydrogen (secondary N) is 1. The summed E-state index contributed by atoms with van der Waals surface area (Å²) in [5.74, 6) is -0.313. The zero-order valence-corrected chi connectivity index (χ0v) is 19.4. The van der Waals surface area contributed by atoms with Crippen LogP contribution in [-0.2, 0) is 14.3 Å². The summed E-state index contributed by atoms with van der Waals surface area (Å²) in [7, 11) is 0.